The maximum Gasteiger partial charge on any atom is 0.257 e. The first-order chi connectivity index (χ1) is 9.11. The predicted octanol–water partition coefficient (Wildman–Crippen LogP) is 3.28. The van der Waals surface area contributed by atoms with Gasteiger partial charge >= 0.3 is 0 Å². The van der Waals surface area contributed by atoms with Gasteiger partial charge in [0.1, 0.15) is 5.82 Å². The number of aromatic nitrogens is 1. The topological polar surface area (TPSA) is 54.0 Å². The molecular weight excluding hydrogens is 313 g/mol. The maximum absolute atomic E-state index is 13.0. The zero-order valence-electron chi connectivity index (χ0n) is 10.1. The first kappa shape index (κ1) is 13.5. The van der Waals surface area contributed by atoms with E-state index in [1.54, 1.807) is 19.3 Å². The van der Waals surface area contributed by atoms with E-state index in [-0.39, 0.29) is 11.7 Å². The number of pyridine rings is 1. The van der Waals surface area contributed by atoms with Gasteiger partial charge in [0.05, 0.1) is 23.1 Å². The summed E-state index contributed by atoms with van der Waals surface area (Å²) < 4.78 is 13.5. The standard InChI is InChI=1S/C13H11BrFN3O/c1-16-12-7-17-5-4-9(12)13(19)18-11-3-2-8(15)6-10(11)14/h2-7,16H,1H3,(H,18,19). The van der Waals surface area contributed by atoms with Gasteiger partial charge in [-0.3, -0.25) is 9.78 Å². The summed E-state index contributed by atoms with van der Waals surface area (Å²) in [7, 11) is 1.71. The van der Waals surface area contributed by atoms with E-state index in [0.717, 1.165) is 0 Å². The van der Waals surface area contributed by atoms with E-state index in [0.29, 0.717) is 21.4 Å². The van der Waals surface area contributed by atoms with Gasteiger partial charge in [0.25, 0.3) is 5.91 Å². The van der Waals surface area contributed by atoms with Crippen molar-refractivity contribution in [3.8, 4) is 0 Å². The third-order valence-electron chi connectivity index (χ3n) is 2.51. The number of amides is 1. The summed E-state index contributed by atoms with van der Waals surface area (Å²) in [4.78, 5) is 16.1. The number of hydrogen-bond acceptors (Lipinski definition) is 3. The average molecular weight is 324 g/mol. The van der Waals surface area contributed by atoms with Gasteiger partial charge in [-0.1, -0.05) is 0 Å². The van der Waals surface area contributed by atoms with E-state index >= 15 is 0 Å². The van der Waals surface area contributed by atoms with Crippen molar-refractivity contribution in [1.82, 2.24) is 4.98 Å². The smallest absolute Gasteiger partial charge is 0.257 e. The molecule has 19 heavy (non-hydrogen) atoms. The number of nitrogens with one attached hydrogen (secondary N) is 2. The van der Waals surface area contributed by atoms with E-state index < -0.39 is 0 Å². The Kier molecular flexibility index (Phi) is 4.11. The highest BCUT2D eigenvalue weighted by atomic mass is 79.9. The fourth-order valence-corrected chi connectivity index (χ4v) is 2.02. The van der Waals surface area contributed by atoms with Crippen LogP contribution in [0.5, 0.6) is 0 Å². The number of carbonyl (C=O) groups excluding carboxylic acids is 1. The van der Waals surface area contributed by atoms with Crippen molar-refractivity contribution in [3.05, 3.63) is 52.5 Å². The summed E-state index contributed by atoms with van der Waals surface area (Å²) in [5.41, 5.74) is 1.59. The maximum atomic E-state index is 13.0. The molecule has 2 N–H and O–H groups in total. The first-order valence-electron chi connectivity index (χ1n) is 5.50. The normalized spacial score (nSPS) is 10.1. The van der Waals surface area contributed by atoms with Crippen LogP contribution in [0.4, 0.5) is 15.8 Å². The van der Waals surface area contributed by atoms with Crippen molar-refractivity contribution >= 4 is 33.2 Å². The molecule has 2 aromatic rings. The Hall–Kier alpha value is -1.95. The number of nitrogens with zero attached hydrogens (tertiary/aromatic N) is 1. The van der Waals surface area contributed by atoms with Gasteiger partial charge in [0.2, 0.25) is 0 Å². The van der Waals surface area contributed by atoms with Crippen LogP contribution < -0.4 is 10.6 Å². The number of anilines is 2. The number of rotatable bonds is 3. The van der Waals surface area contributed by atoms with Crippen LogP contribution >= 0.6 is 15.9 Å². The second-order valence-electron chi connectivity index (χ2n) is 3.75. The molecule has 0 fully saturated rings. The monoisotopic (exact) mass is 323 g/mol. The molecule has 0 unspecified atom stereocenters. The van der Waals surface area contributed by atoms with E-state index in [1.807, 2.05) is 0 Å². The summed E-state index contributed by atoms with van der Waals surface area (Å²) in [5.74, 6) is -0.663. The summed E-state index contributed by atoms with van der Waals surface area (Å²) in [6, 6.07) is 5.68. The van der Waals surface area contributed by atoms with Gasteiger partial charge in [-0.2, -0.15) is 0 Å². The predicted molar refractivity (Wildman–Crippen MR) is 75.8 cm³/mol. The van der Waals surface area contributed by atoms with E-state index in [2.05, 4.69) is 31.5 Å². The molecule has 0 aliphatic rings. The third-order valence-corrected chi connectivity index (χ3v) is 3.17. The highest BCUT2D eigenvalue weighted by Gasteiger charge is 2.12. The molecule has 4 nitrogen and oxygen atoms in total. The van der Waals surface area contributed by atoms with Crippen LogP contribution in [-0.4, -0.2) is 17.9 Å². The quantitative estimate of drug-likeness (QED) is 0.911. The van der Waals surface area contributed by atoms with Crippen LogP contribution in [0.1, 0.15) is 10.4 Å². The van der Waals surface area contributed by atoms with Crippen molar-refractivity contribution in [3.63, 3.8) is 0 Å². The molecule has 0 aliphatic carbocycles. The second kappa shape index (κ2) is 5.79. The molecule has 0 spiro atoms. The summed E-state index contributed by atoms with van der Waals surface area (Å²) in [6.07, 6.45) is 3.10. The molecule has 0 radical (unpaired) electrons. The van der Waals surface area contributed by atoms with Crippen molar-refractivity contribution in [2.45, 2.75) is 0 Å². The van der Waals surface area contributed by atoms with Crippen LogP contribution in [0.3, 0.4) is 0 Å². The van der Waals surface area contributed by atoms with Crippen LogP contribution in [0, 0.1) is 5.82 Å². The molecular formula is C13H11BrFN3O. The Labute approximate surface area is 118 Å². The Morgan fingerprint density at radius 3 is 2.79 bits per heavy atom. The Morgan fingerprint density at radius 2 is 2.11 bits per heavy atom. The zero-order chi connectivity index (χ0) is 13.8. The summed E-state index contributed by atoms with van der Waals surface area (Å²) in [6.45, 7) is 0. The lowest BCUT2D eigenvalue weighted by atomic mass is 10.2. The number of halogens is 2. The SMILES string of the molecule is CNc1cnccc1C(=O)Nc1ccc(F)cc1Br. The van der Waals surface area contributed by atoms with Gasteiger partial charge in [0.15, 0.2) is 0 Å². The van der Waals surface area contributed by atoms with E-state index in [9.17, 15) is 9.18 Å². The van der Waals surface area contributed by atoms with Crippen molar-refractivity contribution in [2.24, 2.45) is 0 Å². The summed E-state index contributed by atoms with van der Waals surface area (Å²) >= 11 is 3.20. The fraction of sp³-hybridized carbons (Fsp3) is 0.0769. The molecule has 0 atom stereocenters. The van der Waals surface area contributed by atoms with Gasteiger partial charge in [-0.05, 0) is 40.2 Å². The van der Waals surface area contributed by atoms with Crippen LogP contribution in [0.15, 0.2) is 41.1 Å². The second-order valence-corrected chi connectivity index (χ2v) is 4.60. The van der Waals surface area contributed by atoms with E-state index in [4.69, 9.17) is 0 Å². The average Bonchev–Trinajstić information content (AvgIpc) is 2.41. The number of benzene rings is 1. The Morgan fingerprint density at radius 1 is 1.32 bits per heavy atom. The molecule has 1 aromatic carbocycles. The van der Waals surface area contributed by atoms with Crippen molar-refractivity contribution in [1.29, 1.82) is 0 Å². The zero-order valence-corrected chi connectivity index (χ0v) is 11.7. The number of carbonyl (C=O) groups is 1. The minimum atomic E-state index is -0.371. The van der Waals surface area contributed by atoms with Gasteiger partial charge in [-0.15, -0.1) is 0 Å². The molecule has 2 rings (SSSR count). The molecule has 0 saturated carbocycles. The molecule has 1 heterocycles. The third kappa shape index (κ3) is 3.08. The minimum Gasteiger partial charge on any atom is -0.386 e. The van der Waals surface area contributed by atoms with Crippen molar-refractivity contribution in [2.75, 3.05) is 17.7 Å². The lowest BCUT2D eigenvalue weighted by Crippen LogP contribution is -2.14. The van der Waals surface area contributed by atoms with Crippen LogP contribution in [-0.2, 0) is 0 Å². The Bertz CT molecular complexity index is 619. The van der Waals surface area contributed by atoms with Gasteiger partial charge in [0, 0.05) is 17.7 Å². The largest absolute Gasteiger partial charge is 0.386 e. The Balaban J connectivity index is 2.26. The van der Waals surface area contributed by atoms with E-state index in [1.165, 1.54) is 24.4 Å². The molecule has 6 heteroatoms. The molecule has 0 bridgehead atoms. The van der Waals surface area contributed by atoms with Gasteiger partial charge in [-0.25, -0.2) is 4.39 Å². The summed E-state index contributed by atoms with van der Waals surface area (Å²) in [5, 5.41) is 5.60. The molecule has 1 aromatic heterocycles. The van der Waals surface area contributed by atoms with Gasteiger partial charge < -0.3 is 10.6 Å². The molecule has 0 saturated heterocycles. The molecule has 1 amide bonds. The first-order valence-corrected chi connectivity index (χ1v) is 6.29. The van der Waals surface area contributed by atoms with Crippen molar-refractivity contribution < 1.29 is 9.18 Å². The van der Waals surface area contributed by atoms with Crippen LogP contribution in [0.25, 0.3) is 0 Å². The van der Waals surface area contributed by atoms with Crippen LogP contribution in [0.2, 0.25) is 0 Å². The lowest BCUT2D eigenvalue weighted by Gasteiger charge is -2.10. The highest BCUT2D eigenvalue weighted by molar-refractivity contribution is 9.10. The lowest BCUT2D eigenvalue weighted by molar-refractivity contribution is 0.102. The minimum absolute atomic E-state index is 0.293. The fourth-order valence-electron chi connectivity index (χ4n) is 1.57. The molecule has 98 valence electrons. The highest BCUT2D eigenvalue weighted by Crippen LogP contribution is 2.24. The number of hydrogen-bond donors (Lipinski definition) is 2. The molecule has 0 aliphatic heterocycles.